The number of aromatic nitrogens is 2. The average molecular weight is 902 g/mol. The lowest BCUT2D eigenvalue weighted by atomic mass is 9.93. The zero-order valence-electron chi connectivity index (χ0n) is 37.6. The number of nitrogens with one attached hydrogen (secondary N) is 4. The van der Waals surface area contributed by atoms with Crippen molar-refractivity contribution < 1.29 is 33.4 Å². The first-order valence-electron chi connectivity index (χ1n) is 22.3. The monoisotopic (exact) mass is 901 g/mol. The van der Waals surface area contributed by atoms with Crippen molar-refractivity contribution in [3.8, 4) is 40.1 Å². The van der Waals surface area contributed by atoms with Crippen molar-refractivity contribution in [3.63, 3.8) is 0 Å². The number of nitrogens with two attached hydrogens (primary N) is 3. The van der Waals surface area contributed by atoms with Crippen molar-refractivity contribution in [1.29, 1.82) is 5.26 Å². The van der Waals surface area contributed by atoms with Gasteiger partial charge in [0.2, 0.25) is 23.6 Å². The molecule has 1 aliphatic carbocycles. The Balaban J connectivity index is 1.35. The van der Waals surface area contributed by atoms with Crippen LogP contribution < -0.4 is 47.9 Å². The molecule has 0 spiro atoms. The number of rotatable bonds is 16. The molecule has 18 heteroatoms. The zero-order chi connectivity index (χ0) is 47.3. The first-order valence-corrected chi connectivity index (χ1v) is 22.3. The van der Waals surface area contributed by atoms with Crippen molar-refractivity contribution in [3.05, 3.63) is 94.8 Å². The second-order valence-electron chi connectivity index (χ2n) is 16.5. The summed E-state index contributed by atoms with van der Waals surface area (Å²) in [7, 11) is 1.42. The lowest BCUT2D eigenvalue weighted by Gasteiger charge is -2.32. The number of carbonyl (C=O) groups excluding carboxylic acids is 5. The second kappa shape index (κ2) is 22.8. The molecule has 5 amide bonds. The fraction of sp³-hybridized carbons (Fsp3) is 0.417. The van der Waals surface area contributed by atoms with Crippen LogP contribution in [0, 0.1) is 18.3 Å². The number of amides is 5. The summed E-state index contributed by atoms with van der Waals surface area (Å²) in [6.07, 6.45) is 6.28. The van der Waals surface area contributed by atoms with Gasteiger partial charge in [-0.05, 0) is 86.5 Å². The predicted octanol–water partition coefficient (Wildman–Crippen LogP) is 2.28. The summed E-state index contributed by atoms with van der Waals surface area (Å²) < 4.78 is 12.2. The van der Waals surface area contributed by atoms with E-state index in [1.54, 1.807) is 43.3 Å². The first kappa shape index (κ1) is 48.5. The average Bonchev–Trinajstić information content (AvgIpc) is 3.87. The lowest BCUT2D eigenvalue weighted by molar-refractivity contribution is -0.141. The molecule has 4 bridgehead atoms. The van der Waals surface area contributed by atoms with Crippen LogP contribution in [-0.4, -0.2) is 109 Å². The van der Waals surface area contributed by atoms with E-state index in [0.29, 0.717) is 51.2 Å². The summed E-state index contributed by atoms with van der Waals surface area (Å²) in [4.78, 5) is 80.6. The molecule has 1 saturated carbocycles. The van der Waals surface area contributed by atoms with E-state index < -0.39 is 53.7 Å². The van der Waals surface area contributed by atoms with Gasteiger partial charge in [-0.3, -0.25) is 24.0 Å². The smallest absolute Gasteiger partial charge is 0.255 e. The number of hydrogen-bond acceptors (Lipinski definition) is 13. The number of carbonyl (C=O) groups is 5. The van der Waals surface area contributed by atoms with E-state index in [9.17, 15) is 24.0 Å². The minimum Gasteiger partial charge on any atom is -0.492 e. The zero-order valence-corrected chi connectivity index (χ0v) is 37.6. The van der Waals surface area contributed by atoms with Crippen molar-refractivity contribution in [2.75, 3.05) is 46.4 Å². The molecule has 1 aromatic heterocycles. The van der Waals surface area contributed by atoms with Gasteiger partial charge in [0.15, 0.2) is 5.82 Å². The Morgan fingerprint density at radius 2 is 1.55 bits per heavy atom. The highest BCUT2D eigenvalue weighted by Gasteiger charge is 2.36. The topological polar surface area (TPSA) is 283 Å². The van der Waals surface area contributed by atoms with Gasteiger partial charge in [-0.25, -0.2) is 9.97 Å². The molecule has 6 rings (SSSR count). The van der Waals surface area contributed by atoms with Gasteiger partial charge in [0.05, 0.1) is 17.3 Å². The number of nitriles is 1. The number of nitrogens with zero attached hydrogens (tertiary/aromatic N) is 4. The second-order valence-corrected chi connectivity index (χ2v) is 16.5. The molecule has 4 aromatic rings. The molecular formula is C48H59N11O7. The van der Waals surface area contributed by atoms with Crippen LogP contribution in [0.4, 0.5) is 0 Å². The minimum absolute atomic E-state index is 0.00453. The highest BCUT2D eigenvalue weighted by atomic mass is 16.5. The van der Waals surface area contributed by atoms with E-state index in [-0.39, 0.29) is 57.8 Å². The van der Waals surface area contributed by atoms with E-state index >= 15 is 0 Å². The minimum atomic E-state index is -1.40. The van der Waals surface area contributed by atoms with Gasteiger partial charge in [-0.1, -0.05) is 49.2 Å². The third kappa shape index (κ3) is 11.7. The Morgan fingerprint density at radius 3 is 2.18 bits per heavy atom. The molecule has 0 unspecified atom stereocenters. The molecule has 4 atom stereocenters. The Labute approximate surface area is 384 Å². The fourth-order valence-corrected chi connectivity index (χ4v) is 8.36. The normalized spacial score (nSPS) is 17.9. The van der Waals surface area contributed by atoms with Crippen LogP contribution in [0.3, 0.4) is 0 Å². The third-order valence-corrected chi connectivity index (χ3v) is 11.8. The lowest BCUT2D eigenvalue weighted by Crippen LogP contribution is -2.56. The molecule has 2 heterocycles. The molecule has 348 valence electrons. The Kier molecular flexibility index (Phi) is 16.8. The summed E-state index contributed by atoms with van der Waals surface area (Å²) >= 11 is 0. The third-order valence-electron chi connectivity index (χ3n) is 11.8. The number of fused-ring (bicyclic) bond motifs is 5. The molecule has 3 aromatic carbocycles. The fourth-order valence-electron chi connectivity index (χ4n) is 8.36. The van der Waals surface area contributed by atoms with Crippen molar-refractivity contribution in [2.45, 2.75) is 82.5 Å². The number of hydrogen-bond donors (Lipinski definition) is 7. The van der Waals surface area contributed by atoms with Gasteiger partial charge < -0.3 is 52.8 Å². The number of aryl methyl sites for hydroxylation is 1. The highest BCUT2D eigenvalue weighted by Crippen LogP contribution is 2.40. The van der Waals surface area contributed by atoms with Crippen LogP contribution in [0.25, 0.3) is 22.5 Å². The highest BCUT2D eigenvalue weighted by molar-refractivity contribution is 6.00. The van der Waals surface area contributed by atoms with E-state index in [1.165, 1.54) is 56.3 Å². The molecule has 66 heavy (non-hydrogen) atoms. The number of ether oxygens (including phenoxy) is 2. The molecule has 1 aliphatic heterocycles. The standard InChI is InChI=1S/C48H59N11O7/c1-28-37(27-54-43(55-28)33-11-9-32(10-12-33)31-6-4-5-7-31)45(61)57-38(16-17-49)48(64)59(3)42-34-13-15-41(66-23-20-52)36(26-34)35-24-30(8-14-40(35)65-22-19-51)25-39(46(62)53-21-18-50)58-44(60)29(2)56-47(42)63/h8-15,24,26-27,29,31,38-39,42H,4-7,16-17,19-23,25,49,51-52H2,1-3H3,(H,53,62)(H,56,63)(H,57,61)(H,58,60)/t29-,38-,39-,42-/m0/s1. The maximum atomic E-state index is 14.7. The summed E-state index contributed by atoms with van der Waals surface area (Å²) in [5, 5.41) is 19.9. The molecular weight excluding hydrogens is 843 g/mol. The summed E-state index contributed by atoms with van der Waals surface area (Å²) in [5.41, 5.74) is 22.2. The van der Waals surface area contributed by atoms with Gasteiger partial charge in [-0.15, -0.1) is 0 Å². The van der Waals surface area contributed by atoms with Gasteiger partial charge in [0.1, 0.15) is 55.4 Å². The van der Waals surface area contributed by atoms with E-state index in [0.717, 1.165) is 5.56 Å². The van der Waals surface area contributed by atoms with E-state index in [1.807, 2.05) is 18.2 Å². The van der Waals surface area contributed by atoms with Crippen LogP contribution in [0.1, 0.15) is 83.7 Å². The molecule has 1 fully saturated rings. The van der Waals surface area contributed by atoms with Crippen LogP contribution in [0.5, 0.6) is 11.5 Å². The van der Waals surface area contributed by atoms with Crippen molar-refractivity contribution in [1.82, 2.24) is 36.1 Å². The Bertz CT molecular complexity index is 2430. The summed E-state index contributed by atoms with van der Waals surface area (Å²) in [5.74, 6) is -1.54. The van der Waals surface area contributed by atoms with Gasteiger partial charge in [0, 0.05) is 49.4 Å². The molecule has 2 aliphatic rings. The largest absolute Gasteiger partial charge is 0.492 e. The molecule has 18 nitrogen and oxygen atoms in total. The van der Waals surface area contributed by atoms with Crippen molar-refractivity contribution >= 4 is 29.5 Å². The van der Waals surface area contributed by atoms with Crippen LogP contribution in [0.2, 0.25) is 0 Å². The quantitative estimate of drug-likeness (QED) is 0.0796. The maximum Gasteiger partial charge on any atom is 0.255 e. The molecule has 0 radical (unpaired) electrons. The predicted molar refractivity (Wildman–Crippen MR) is 247 cm³/mol. The number of likely N-dealkylation sites (N-methyl/N-ethyl adjacent to an activating group) is 1. The number of benzene rings is 3. The van der Waals surface area contributed by atoms with Crippen LogP contribution >= 0.6 is 0 Å². The van der Waals surface area contributed by atoms with Gasteiger partial charge in [0.25, 0.3) is 5.91 Å². The van der Waals surface area contributed by atoms with Crippen LogP contribution in [0.15, 0.2) is 66.9 Å². The SMILES string of the molecule is Cc1nc(-c2ccc(C3CCCC3)cc2)ncc1C(=O)N[C@@H](CCN)C(=O)N(C)[C@@H]1C(=O)N[C@@H](C)C(=O)N[C@H](C(=O)NCC#N)Cc2ccc(OCCN)c(c2)-c2cc1ccc2OCCN. The van der Waals surface area contributed by atoms with E-state index in [4.69, 9.17) is 31.9 Å². The van der Waals surface area contributed by atoms with Crippen molar-refractivity contribution in [2.24, 2.45) is 17.2 Å². The Hall–Kier alpha value is -6.94. The molecule has 0 saturated heterocycles. The maximum absolute atomic E-state index is 14.7. The van der Waals surface area contributed by atoms with Gasteiger partial charge >= 0.3 is 0 Å². The summed E-state index contributed by atoms with van der Waals surface area (Å²) in [6.45, 7) is 3.52. The Morgan fingerprint density at radius 1 is 0.894 bits per heavy atom. The molecule has 10 N–H and O–H groups in total. The van der Waals surface area contributed by atoms with Crippen LogP contribution in [-0.2, 0) is 25.6 Å². The van der Waals surface area contributed by atoms with Gasteiger partial charge in [-0.2, -0.15) is 5.26 Å². The summed E-state index contributed by atoms with van der Waals surface area (Å²) in [6, 6.07) is 15.3. The van der Waals surface area contributed by atoms with E-state index in [2.05, 4.69) is 43.4 Å². The first-order chi connectivity index (χ1) is 31.9.